The van der Waals surface area contributed by atoms with Crippen molar-refractivity contribution in [2.45, 2.75) is 64.6 Å². The number of amides is 2. The van der Waals surface area contributed by atoms with Gasteiger partial charge in [0.2, 0.25) is 5.91 Å². The van der Waals surface area contributed by atoms with Crippen molar-refractivity contribution in [2.75, 3.05) is 13.1 Å². The van der Waals surface area contributed by atoms with Crippen molar-refractivity contribution < 1.29 is 19.0 Å². The van der Waals surface area contributed by atoms with Crippen LogP contribution in [0.3, 0.4) is 0 Å². The normalized spacial score (nSPS) is 23.8. The molecular weight excluding hydrogens is 384 g/mol. The van der Waals surface area contributed by atoms with Gasteiger partial charge in [-0.05, 0) is 51.7 Å². The molecule has 30 heavy (non-hydrogen) atoms. The predicted molar refractivity (Wildman–Crippen MR) is 109 cm³/mol. The van der Waals surface area contributed by atoms with Gasteiger partial charge < -0.3 is 14.5 Å². The fraction of sp³-hybridized carbons (Fsp3) is 0.545. The second kappa shape index (κ2) is 8.08. The molecule has 8 nitrogen and oxygen atoms in total. The number of aryl methyl sites for hydroxylation is 1. The van der Waals surface area contributed by atoms with E-state index in [0.29, 0.717) is 29.2 Å². The Morgan fingerprint density at radius 2 is 2.03 bits per heavy atom. The first-order valence-electron chi connectivity index (χ1n) is 10.5. The predicted octanol–water partition coefficient (Wildman–Crippen LogP) is 2.96. The molecule has 2 aromatic rings. The SMILES string of the molecule is CC(=O)N1CCC[C@@]2(C)[C@H]1CCCN2C(=O)c1ccccc1OCc1nonc1C. The minimum absolute atomic E-state index is 0.0541. The summed E-state index contributed by atoms with van der Waals surface area (Å²) in [5.41, 5.74) is 1.41. The Kier molecular flexibility index (Phi) is 5.49. The highest BCUT2D eigenvalue weighted by Gasteiger charge is 2.50. The summed E-state index contributed by atoms with van der Waals surface area (Å²) in [7, 11) is 0. The molecule has 0 radical (unpaired) electrons. The van der Waals surface area contributed by atoms with Crippen molar-refractivity contribution in [1.29, 1.82) is 0 Å². The van der Waals surface area contributed by atoms with Crippen LogP contribution in [0.15, 0.2) is 28.9 Å². The lowest BCUT2D eigenvalue weighted by atomic mass is 9.75. The average molecular weight is 412 g/mol. The van der Waals surface area contributed by atoms with E-state index in [1.54, 1.807) is 26.0 Å². The highest BCUT2D eigenvalue weighted by molar-refractivity contribution is 5.97. The van der Waals surface area contributed by atoms with Gasteiger partial charge in [0.25, 0.3) is 5.91 Å². The quantitative estimate of drug-likeness (QED) is 0.767. The Hall–Kier alpha value is -2.90. The Labute approximate surface area is 176 Å². The molecule has 2 saturated heterocycles. The Morgan fingerprint density at radius 1 is 1.23 bits per heavy atom. The topological polar surface area (TPSA) is 88.8 Å². The summed E-state index contributed by atoms with van der Waals surface area (Å²) >= 11 is 0. The molecule has 0 saturated carbocycles. The maximum atomic E-state index is 13.7. The highest BCUT2D eigenvalue weighted by Crippen LogP contribution is 2.40. The van der Waals surface area contributed by atoms with Crippen LogP contribution in [0.2, 0.25) is 0 Å². The van der Waals surface area contributed by atoms with Crippen molar-refractivity contribution in [3.8, 4) is 5.75 Å². The second-order valence-corrected chi connectivity index (χ2v) is 8.37. The van der Waals surface area contributed by atoms with E-state index in [1.165, 1.54) is 0 Å². The van der Waals surface area contributed by atoms with Crippen molar-refractivity contribution in [1.82, 2.24) is 20.1 Å². The molecule has 2 atom stereocenters. The number of fused-ring (bicyclic) bond motifs is 1. The Morgan fingerprint density at radius 3 is 2.77 bits per heavy atom. The van der Waals surface area contributed by atoms with Crippen molar-refractivity contribution in [2.24, 2.45) is 0 Å². The van der Waals surface area contributed by atoms with Gasteiger partial charge in [0.15, 0.2) is 0 Å². The van der Waals surface area contributed by atoms with Crippen LogP contribution in [-0.2, 0) is 11.4 Å². The molecule has 0 spiro atoms. The van der Waals surface area contributed by atoms with Crippen LogP contribution >= 0.6 is 0 Å². The molecule has 2 amide bonds. The number of para-hydroxylation sites is 1. The van der Waals surface area contributed by atoms with Gasteiger partial charge in [0, 0.05) is 20.0 Å². The summed E-state index contributed by atoms with van der Waals surface area (Å²) in [4.78, 5) is 29.8. The molecule has 2 fully saturated rings. The summed E-state index contributed by atoms with van der Waals surface area (Å²) in [6.45, 7) is 7.16. The number of carbonyl (C=O) groups is 2. The van der Waals surface area contributed by atoms with Crippen molar-refractivity contribution in [3.63, 3.8) is 0 Å². The van der Waals surface area contributed by atoms with Crippen LogP contribution in [-0.4, -0.2) is 56.6 Å². The monoisotopic (exact) mass is 412 g/mol. The maximum absolute atomic E-state index is 13.7. The third-order valence-electron chi connectivity index (χ3n) is 6.53. The van der Waals surface area contributed by atoms with Crippen molar-refractivity contribution in [3.05, 3.63) is 41.2 Å². The Balaban J connectivity index is 1.59. The first-order valence-corrected chi connectivity index (χ1v) is 10.5. The summed E-state index contributed by atoms with van der Waals surface area (Å²) in [5.74, 6) is 0.536. The van der Waals surface area contributed by atoms with Crippen LogP contribution in [0.4, 0.5) is 0 Å². The first kappa shape index (κ1) is 20.4. The van der Waals surface area contributed by atoms with E-state index in [2.05, 4.69) is 17.2 Å². The number of ether oxygens (including phenoxy) is 1. The zero-order chi connectivity index (χ0) is 21.3. The molecule has 2 aliphatic rings. The number of likely N-dealkylation sites (tertiary alicyclic amines) is 2. The fourth-order valence-electron chi connectivity index (χ4n) is 4.90. The number of nitrogens with zero attached hydrogens (tertiary/aromatic N) is 4. The van der Waals surface area contributed by atoms with Gasteiger partial charge in [-0.15, -0.1) is 0 Å². The summed E-state index contributed by atoms with van der Waals surface area (Å²) < 4.78 is 10.6. The molecule has 0 bridgehead atoms. The number of piperidine rings is 2. The van der Waals surface area contributed by atoms with Gasteiger partial charge >= 0.3 is 0 Å². The van der Waals surface area contributed by atoms with Crippen LogP contribution in [0.1, 0.15) is 61.3 Å². The number of aromatic nitrogens is 2. The lowest BCUT2D eigenvalue weighted by molar-refractivity contribution is -0.140. The number of hydrogen-bond acceptors (Lipinski definition) is 6. The van der Waals surface area contributed by atoms with E-state index < -0.39 is 0 Å². The molecule has 3 heterocycles. The molecule has 2 aliphatic heterocycles. The number of hydrogen-bond donors (Lipinski definition) is 0. The maximum Gasteiger partial charge on any atom is 0.258 e. The first-order chi connectivity index (χ1) is 14.4. The largest absolute Gasteiger partial charge is 0.486 e. The molecule has 0 N–H and O–H groups in total. The molecule has 0 aliphatic carbocycles. The van der Waals surface area contributed by atoms with E-state index in [4.69, 9.17) is 9.37 Å². The van der Waals surface area contributed by atoms with E-state index in [-0.39, 0.29) is 30.0 Å². The highest BCUT2D eigenvalue weighted by atomic mass is 16.6. The molecule has 0 unspecified atom stereocenters. The lowest BCUT2D eigenvalue weighted by Crippen LogP contribution is -2.68. The number of carbonyl (C=O) groups excluding carboxylic acids is 2. The van der Waals surface area contributed by atoms with Crippen molar-refractivity contribution >= 4 is 11.8 Å². The van der Waals surface area contributed by atoms with Gasteiger partial charge in [0.1, 0.15) is 23.7 Å². The number of rotatable bonds is 4. The van der Waals surface area contributed by atoms with Gasteiger partial charge in [-0.3, -0.25) is 9.59 Å². The van der Waals surface area contributed by atoms with Crippen LogP contribution in [0.5, 0.6) is 5.75 Å². The smallest absolute Gasteiger partial charge is 0.258 e. The fourth-order valence-corrected chi connectivity index (χ4v) is 4.90. The van der Waals surface area contributed by atoms with Crippen LogP contribution in [0.25, 0.3) is 0 Å². The summed E-state index contributed by atoms with van der Waals surface area (Å²) in [6.07, 6.45) is 3.59. The van der Waals surface area contributed by atoms with Gasteiger partial charge in [-0.25, -0.2) is 4.63 Å². The second-order valence-electron chi connectivity index (χ2n) is 8.37. The average Bonchev–Trinajstić information content (AvgIpc) is 3.15. The van der Waals surface area contributed by atoms with E-state index in [1.807, 2.05) is 21.9 Å². The zero-order valence-electron chi connectivity index (χ0n) is 17.8. The third kappa shape index (κ3) is 3.55. The molecule has 1 aromatic carbocycles. The summed E-state index contributed by atoms with van der Waals surface area (Å²) in [5, 5.41) is 7.60. The molecule has 1 aromatic heterocycles. The molecule has 8 heteroatoms. The standard InChI is InChI=1S/C22H28N4O4/c1-15-18(24-30-23-15)14-29-19-9-5-4-8-17(19)21(28)26-13-6-10-20-22(26,3)11-7-12-25(20)16(2)27/h4-5,8-9,20H,6-7,10-14H2,1-3H3/t20-,22+/m1/s1. The lowest BCUT2D eigenvalue weighted by Gasteiger charge is -2.56. The van der Waals surface area contributed by atoms with Crippen LogP contribution < -0.4 is 4.74 Å². The van der Waals surface area contributed by atoms with Crippen LogP contribution in [0, 0.1) is 6.92 Å². The molecule has 4 rings (SSSR count). The number of benzene rings is 1. The zero-order valence-corrected chi connectivity index (χ0v) is 17.8. The minimum Gasteiger partial charge on any atom is -0.486 e. The van der Waals surface area contributed by atoms with E-state index in [9.17, 15) is 9.59 Å². The van der Waals surface area contributed by atoms with Gasteiger partial charge in [-0.1, -0.05) is 22.4 Å². The third-order valence-corrected chi connectivity index (χ3v) is 6.53. The molecule has 160 valence electrons. The Bertz CT molecular complexity index is 943. The van der Waals surface area contributed by atoms with E-state index >= 15 is 0 Å². The molecular formula is C22H28N4O4. The summed E-state index contributed by atoms with van der Waals surface area (Å²) in [6, 6.07) is 7.33. The van der Waals surface area contributed by atoms with E-state index in [0.717, 1.165) is 32.2 Å². The minimum atomic E-state index is -0.376. The van der Waals surface area contributed by atoms with Gasteiger partial charge in [-0.2, -0.15) is 0 Å². The van der Waals surface area contributed by atoms with Gasteiger partial charge in [0.05, 0.1) is 17.1 Å².